The zero-order valence-electron chi connectivity index (χ0n) is 15.5. The van der Waals surface area contributed by atoms with E-state index in [1.165, 1.54) is 23.4 Å². The van der Waals surface area contributed by atoms with Crippen LogP contribution in [0.5, 0.6) is 0 Å². The van der Waals surface area contributed by atoms with E-state index in [1.807, 2.05) is 18.2 Å². The van der Waals surface area contributed by atoms with Crippen LogP contribution in [-0.2, 0) is 25.9 Å². The van der Waals surface area contributed by atoms with E-state index in [0.29, 0.717) is 12.6 Å². The second-order valence-corrected chi connectivity index (χ2v) is 7.51. The molecule has 1 atom stereocenters. The minimum absolute atomic E-state index is 0.158. The van der Waals surface area contributed by atoms with Gasteiger partial charge in [0.2, 0.25) is 0 Å². The predicted molar refractivity (Wildman–Crippen MR) is 101 cm³/mol. The second kappa shape index (κ2) is 6.51. The van der Waals surface area contributed by atoms with Gasteiger partial charge in [-0.25, -0.2) is 8.78 Å². The minimum Gasteiger partial charge on any atom is -0.341 e. The number of benzene rings is 2. The molecule has 4 rings (SSSR count). The molecule has 0 N–H and O–H groups in total. The summed E-state index contributed by atoms with van der Waals surface area (Å²) in [6.07, 6.45) is 1.68. The van der Waals surface area contributed by atoms with E-state index in [1.54, 1.807) is 6.07 Å². The molecule has 0 spiro atoms. The topological polar surface area (TPSA) is 8.17 Å². The lowest BCUT2D eigenvalue weighted by molar-refractivity contribution is 0.228. The van der Waals surface area contributed by atoms with Crippen molar-refractivity contribution in [1.82, 2.24) is 9.47 Å². The Labute approximate surface area is 153 Å². The largest absolute Gasteiger partial charge is 0.341 e. The third-order valence-electron chi connectivity index (χ3n) is 5.77. The predicted octanol–water partition coefficient (Wildman–Crippen LogP) is 4.85. The van der Waals surface area contributed by atoms with Crippen LogP contribution in [-0.4, -0.2) is 22.6 Å². The Morgan fingerprint density at radius 2 is 1.81 bits per heavy atom. The van der Waals surface area contributed by atoms with E-state index >= 15 is 0 Å². The molecule has 1 aromatic heterocycles. The van der Waals surface area contributed by atoms with Gasteiger partial charge < -0.3 is 4.57 Å². The quantitative estimate of drug-likeness (QED) is 0.653. The van der Waals surface area contributed by atoms with Gasteiger partial charge in [0.05, 0.1) is 5.52 Å². The number of hydrogen-bond donors (Lipinski definition) is 0. The summed E-state index contributed by atoms with van der Waals surface area (Å²) in [5, 5.41) is 1.07. The number of aryl methyl sites for hydroxylation is 3. The third kappa shape index (κ3) is 2.82. The fourth-order valence-corrected chi connectivity index (χ4v) is 4.14. The molecule has 2 heterocycles. The van der Waals surface area contributed by atoms with Gasteiger partial charge in [-0.3, -0.25) is 4.90 Å². The highest BCUT2D eigenvalue weighted by Gasteiger charge is 2.28. The minimum atomic E-state index is -0.226. The summed E-state index contributed by atoms with van der Waals surface area (Å²) in [6.45, 7) is 5.83. The van der Waals surface area contributed by atoms with Crippen LogP contribution in [0, 0.1) is 18.6 Å². The lowest BCUT2D eigenvalue weighted by Crippen LogP contribution is -2.35. The fourth-order valence-electron chi connectivity index (χ4n) is 4.14. The molecule has 0 radical (unpaired) electrons. The van der Waals surface area contributed by atoms with Crippen LogP contribution >= 0.6 is 0 Å². The van der Waals surface area contributed by atoms with Crippen LogP contribution in [0.25, 0.3) is 10.9 Å². The smallest absolute Gasteiger partial charge is 0.147 e. The molecule has 0 saturated heterocycles. The van der Waals surface area contributed by atoms with Crippen molar-refractivity contribution in [3.05, 3.63) is 70.4 Å². The summed E-state index contributed by atoms with van der Waals surface area (Å²) in [4.78, 5) is 2.33. The zero-order chi connectivity index (χ0) is 18.4. The van der Waals surface area contributed by atoms with Crippen LogP contribution in [0.3, 0.4) is 0 Å². The number of rotatable bonds is 3. The number of likely N-dealkylation sites (N-methyl/N-ethyl adjacent to an activating group) is 1. The van der Waals surface area contributed by atoms with E-state index in [9.17, 15) is 8.78 Å². The fraction of sp³-hybridized carbons (Fsp3) is 0.364. The van der Waals surface area contributed by atoms with Gasteiger partial charge in [0.1, 0.15) is 11.6 Å². The lowest BCUT2D eigenvalue weighted by atomic mass is 9.98. The van der Waals surface area contributed by atoms with Crippen LogP contribution in [0.15, 0.2) is 36.4 Å². The van der Waals surface area contributed by atoms with Crippen LogP contribution in [0.2, 0.25) is 0 Å². The summed E-state index contributed by atoms with van der Waals surface area (Å²) < 4.78 is 30.1. The molecule has 0 saturated carbocycles. The van der Waals surface area contributed by atoms with Gasteiger partial charge in [-0.2, -0.15) is 0 Å². The first-order valence-electron chi connectivity index (χ1n) is 9.19. The van der Waals surface area contributed by atoms with E-state index in [-0.39, 0.29) is 11.6 Å². The summed E-state index contributed by atoms with van der Waals surface area (Å²) in [6, 6.07) is 10.5. The molecule has 2 nitrogen and oxygen atoms in total. The molecular weight excluding hydrogens is 330 g/mol. The number of halogens is 2. The monoisotopic (exact) mass is 354 g/mol. The highest BCUT2D eigenvalue weighted by atomic mass is 19.1. The molecule has 1 aliphatic rings. The molecule has 0 bridgehead atoms. The van der Waals surface area contributed by atoms with E-state index in [0.717, 1.165) is 41.4 Å². The number of nitrogens with zero attached hydrogens (tertiary/aromatic N) is 2. The first kappa shape index (κ1) is 17.2. The maximum atomic E-state index is 14.8. The van der Waals surface area contributed by atoms with Crippen molar-refractivity contribution in [1.29, 1.82) is 0 Å². The summed E-state index contributed by atoms with van der Waals surface area (Å²) in [5.41, 5.74) is 5.43. The number of hydrogen-bond acceptors (Lipinski definition) is 1. The van der Waals surface area contributed by atoms with Crippen molar-refractivity contribution in [2.24, 2.45) is 0 Å². The average molecular weight is 354 g/mol. The molecule has 26 heavy (non-hydrogen) atoms. The van der Waals surface area contributed by atoms with Crippen molar-refractivity contribution in [3.8, 4) is 0 Å². The van der Waals surface area contributed by atoms with Crippen molar-refractivity contribution in [2.75, 3.05) is 7.05 Å². The van der Waals surface area contributed by atoms with E-state index in [2.05, 4.69) is 30.4 Å². The molecule has 4 heteroatoms. The molecule has 0 aliphatic carbocycles. The van der Waals surface area contributed by atoms with Crippen LogP contribution in [0.1, 0.15) is 29.3 Å². The first-order chi connectivity index (χ1) is 12.5. The molecule has 1 unspecified atom stereocenters. The molecule has 2 aromatic carbocycles. The third-order valence-corrected chi connectivity index (χ3v) is 5.77. The summed E-state index contributed by atoms with van der Waals surface area (Å²) in [7, 11) is 2.13. The Hall–Kier alpha value is -2.20. The first-order valence-corrected chi connectivity index (χ1v) is 9.19. The van der Waals surface area contributed by atoms with Gasteiger partial charge in [0.15, 0.2) is 0 Å². The van der Waals surface area contributed by atoms with Crippen molar-refractivity contribution in [2.45, 2.75) is 45.8 Å². The standard InChI is InChI=1S/C22H24F2N2/c1-14-4-9-19(24)22-21(14)18-13-25(3)15(2)12-20(18)26(22)11-10-16-5-7-17(23)8-6-16/h4-9,15H,10-13H2,1-3H3. The Balaban J connectivity index is 1.81. The maximum absolute atomic E-state index is 14.8. The molecule has 1 aliphatic heterocycles. The lowest BCUT2D eigenvalue weighted by Gasteiger charge is -2.31. The van der Waals surface area contributed by atoms with E-state index < -0.39 is 0 Å². The van der Waals surface area contributed by atoms with Gasteiger partial charge in [0, 0.05) is 36.6 Å². The number of aromatic nitrogens is 1. The van der Waals surface area contributed by atoms with Gasteiger partial charge >= 0.3 is 0 Å². The van der Waals surface area contributed by atoms with Crippen molar-refractivity contribution < 1.29 is 8.78 Å². The Kier molecular flexibility index (Phi) is 4.31. The van der Waals surface area contributed by atoms with E-state index in [4.69, 9.17) is 0 Å². The molecule has 0 amide bonds. The Morgan fingerprint density at radius 1 is 1.08 bits per heavy atom. The van der Waals surface area contributed by atoms with Gasteiger partial charge in [-0.15, -0.1) is 0 Å². The molecule has 0 fully saturated rings. The van der Waals surface area contributed by atoms with Crippen molar-refractivity contribution in [3.63, 3.8) is 0 Å². The van der Waals surface area contributed by atoms with Gasteiger partial charge in [-0.05, 0) is 62.2 Å². The zero-order valence-corrected chi connectivity index (χ0v) is 15.5. The number of fused-ring (bicyclic) bond motifs is 3. The molecule has 3 aromatic rings. The average Bonchev–Trinajstić information content (AvgIpc) is 2.93. The van der Waals surface area contributed by atoms with Gasteiger partial charge in [-0.1, -0.05) is 18.2 Å². The SMILES string of the molecule is Cc1ccc(F)c2c1c1c(n2CCc2ccc(F)cc2)CC(C)N(C)C1. The molecule has 136 valence electrons. The second-order valence-electron chi connectivity index (χ2n) is 7.51. The highest BCUT2D eigenvalue weighted by Crippen LogP contribution is 2.35. The summed E-state index contributed by atoms with van der Waals surface area (Å²) >= 11 is 0. The van der Waals surface area contributed by atoms with Crippen LogP contribution in [0.4, 0.5) is 8.78 Å². The highest BCUT2D eigenvalue weighted by molar-refractivity contribution is 5.89. The van der Waals surface area contributed by atoms with Gasteiger partial charge in [0.25, 0.3) is 0 Å². The summed E-state index contributed by atoms with van der Waals surface area (Å²) in [5.74, 6) is -0.384. The Bertz CT molecular complexity index is 957. The molecular formula is C22H24F2N2. The van der Waals surface area contributed by atoms with Crippen LogP contribution < -0.4 is 0 Å². The van der Waals surface area contributed by atoms with Crippen molar-refractivity contribution >= 4 is 10.9 Å². The Morgan fingerprint density at radius 3 is 2.54 bits per heavy atom. The normalized spacial score (nSPS) is 17.7. The maximum Gasteiger partial charge on any atom is 0.147 e.